The second-order valence-corrected chi connectivity index (χ2v) is 9.12. The molecule has 1 aliphatic heterocycles. The number of nitrogens with one attached hydrogen (secondary N) is 1. The summed E-state index contributed by atoms with van der Waals surface area (Å²) in [6.45, 7) is 0.875. The van der Waals surface area contributed by atoms with Crippen molar-refractivity contribution in [3.8, 4) is 5.75 Å². The van der Waals surface area contributed by atoms with Crippen molar-refractivity contribution in [3.63, 3.8) is 0 Å². The lowest BCUT2D eigenvalue weighted by Gasteiger charge is -2.31. The minimum absolute atomic E-state index is 0.0424. The van der Waals surface area contributed by atoms with Crippen LogP contribution in [0.5, 0.6) is 5.75 Å². The number of halogens is 3. The van der Waals surface area contributed by atoms with Gasteiger partial charge in [-0.2, -0.15) is 13.2 Å². The Labute approximate surface area is 166 Å². The lowest BCUT2D eigenvalue weighted by atomic mass is 9.95. The van der Waals surface area contributed by atoms with Gasteiger partial charge in [-0.05, 0) is 43.9 Å². The molecule has 1 saturated heterocycles. The van der Waals surface area contributed by atoms with Crippen LogP contribution in [0.15, 0.2) is 23.1 Å². The molecule has 0 unspecified atom stereocenters. The van der Waals surface area contributed by atoms with Crippen molar-refractivity contribution in [2.45, 2.75) is 36.1 Å². The number of sulfone groups is 1. The van der Waals surface area contributed by atoms with Crippen LogP contribution in [-0.4, -0.2) is 50.8 Å². The molecule has 29 heavy (non-hydrogen) atoms. The number of rotatable bonds is 5. The zero-order chi connectivity index (χ0) is 21.4. The molecule has 0 radical (unpaired) electrons. The summed E-state index contributed by atoms with van der Waals surface area (Å²) in [4.78, 5) is 25.4. The maximum atomic E-state index is 12.8. The van der Waals surface area contributed by atoms with E-state index >= 15 is 0 Å². The first-order valence-electron chi connectivity index (χ1n) is 9.13. The number of anilines is 1. The summed E-state index contributed by atoms with van der Waals surface area (Å²) in [5.74, 6) is -0.645. The number of carbonyl (C=O) groups is 2. The normalized spacial score (nSPS) is 18.4. The Morgan fingerprint density at radius 2 is 1.72 bits per heavy atom. The fraction of sp³-hybridized carbons (Fsp3) is 0.556. The third kappa shape index (κ3) is 4.49. The Bertz CT molecular complexity index is 905. The summed E-state index contributed by atoms with van der Waals surface area (Å²) < 4.78 is 66.7. The molecule has 1 N–H and O–H groups in total. The predicted octanol–water partition coefficient (Wildman–Crippen LogP) is 2.58. The van der Waals surface area contributed by atoms with Gasteiger partial charge in [0.15, 0.2) is 0 Å². The number of benzene rings is 1. The summed E-state index contributed by atoms with van der Waals surface area (Å²) in [6, 6.07) is 2.58. The third-order valence-corrected chi connectivity index (χ3v) is 6.63. The smallest absolute Gasteiger partial charge is 0.495 e. The molecule has 2 aliphatic rings. The monoisotopic (exact) mass is 434 g/mol. The molecule has 1 saturated carbocycles. The van der Waals surface area contributed by atoms with E-state index in [2.05, 4.69) is 5.32 Å². The van der Waals surface area contributed by atoms with Crippen molar-refractivity contribution in [1.29, 1.82) is 0 Å². The Kier molecular flexibility index (Phi) is 5.79. The van der Waals surface area contributed by atoms with Gasteiger partial charge < -0.3 is 15.0 Å². The van der Waals surface area contributed by atoms with E-state index in [0.29, 0.717) is 25.9 Å². The zero-order valence-corrected chi connectivity index (χ0v) is 16.5. The van der Waals surface area contributed by atoms with Crippen LogP contribution >= 0.6 is 0 Å². The van der Waals surface area contributed by atoms with Gasteiger partial charge in [-0.15, -0.1) is 0 Å². The number of carbonyl (C=O) groups excluding carboxylic acids is 2. The Hall–Kier alpha value is -2.30. The van der Waals surface area contributed by atoms with Gasteiger partial charge in [0, 0.05) is 24.9 Å². The molecule has 160 valence electrons. The highest BCUT2D eigenvalue weighted by atomic mass is 32.2. The van der Waals surface area contributed by atoms with E-state index in [1.165, 1.54) is 7.11 Å². The van der Waals surface area contributed by atoms with Crippen LogP contribution in [0.2, 0.25) is 0 Å². The predicted molar refractivity (Wildman–Crippen MR) is 96.9 cm³/mol. The highest BCUT2D eigenvalue weighted by Gasteiger charge is 2.47. The molecule has 0 spiro atoms. The maximum absolute atomic E-state index is 12.8. The molecule has 0 aromatic heterocycles. The van der Waals surface area contributed by atoms with Gasteiger partial charge in [0.05, 0.1) is 17.7 Å². The number of nitrogens with zero attached hydrogens (tertiary/aromatic N) is 1. The highest BCUT2D eigenvalue weighted by molar-refractivity contribution is 7.92. The summed E-state index contributed by atoms with van der Waals surface area (Å²) in [5.41, 5.74) is -5.61. The van der Waals surface area contributed by atoms with Crippen LogP contribution in [0.3, 0.4) is 0 Å². The zero-order valence-electron chi connectivity index (χ0n) is 15.7. The van der Waals surface area contributed by atoms with Crippen molar-refractivity contribution in [2.75, 3.05) is 25.5 Å². The second-order valence-electron chi connectivity index (χ2n) is 7.17. The summed E-state index contributed by atoms with van der Waals surface area (Å²) in [6.07, 6.45) is 2.65. The number of hydrogen-bond donors (Lipinski definition) is 1. The van der Waals surface area contributed by atoms with Crippen LogP contribution in [0, 0.1) is 11.8 Å². The summed E-state index contributed by atoms with van der Waals surface area (Å²) in [7, 11) is -4.30. The first-order valence-corrected chi connectivity index (χ1v) is 10.6. The van der Waals surface area contributed by atoms with Crippen LogP contribution in [-0.2, 0) is 19.4 Å². The molecule has 0 bridgehead atoms. The van der Waals surface area contributed by atoms with E-state index in [1.54, 1.807) is 4.90 Å². The van der Waals surface area contributed by atoms with E-state index in [-0.39, 0.29) is 23.3 Å². The average molecular weight is 434 g/mol. The van der Waals surface area contributed by atoms with Crippen LogP contribution in [0.4, 0.5) is 18.9 Å². The molecular formula is C18H21F3N2O5S. The summed E-state index contributed by atoms with van der Waals surface area (Å²) >= 11 is 0. The standard InChI is InChI=1S/C18H21F3N2O5S/c1-28-15-5-4-13(29(26,27)18(19,20)21)10-14(15)22-16(24)11-6-8-23(9-7-11)17(25)12-2-3-12/h4-5,10-12H,2-3,6-9H2,1H3,(H,22,24). The highest BCUT2D eigenvalue weighted by Crippen LogP contribution is 2.36. The van der Waals surface area contributed by atoms with E-state index in [1.807, 2.05) is 0 Å². The lowest BCUT2D eigenvalue weighted by molar-refractivity contribution is -0.135. The molecule has 1 heterocycles. The van der Waals surface area contributed by atoms with Crippen LogP contribution in [0.25, 0.3) is 0 Å². The molecular weight excluding hydrogens is 413 g/mol. The van der Waals surface area contributed by atoms with Gasteiger partial charge in [0.1, 0.15) is 5.75 Å². The molecule has 0 atom stereocenters. The summed E-state index contributed by atoms with van der Waals surface area (Å²) in [5, 5.41) is 2.48. The third-order valence-electron chi connectivity index (χ3n) is 5.15. The minimum Gasteiger partial charge on any atom is -0.495 e. The molecule has 11 heteroatoms. The number of likely N-dealkylation sites (tertiary alicyclic amines) is 1. The van der Waals surface area contributed by atoms with Gasteiger partial charge >= 0.3 is 5.51 Å². The molecule has 2 amide bonds. The van der Waals surface area contributed by atoms with Crippen molar-refractivity contribution in [1.82, 2.24) is 4.90 Å². The SMILES string of the molecule is COc1ccc(S(=O)(=O)C(F)(F)F)cc1NC(=O)C1CCN(C(=O)C2CC2)CC1. The lowest BCUT2D eigenvalue weighted by Crippen LogP contribution is -2.42. The van der Waals surface area contributed by atoms with Crippen LogP contribution < -0.4 is 10.1 Å². The van der Waals surface area contributed by atoms with Gasteiger partial charge in [-0.1, -0.05) is 0 Å². The number of amides is 2. The van der Waals surface area contributed by atoms with E-state index in [0.717, 1.165) is 31.0 Å². The first-order chi connectivity index (χ1) is 13.5. The van der Waals surface area contributed by atoms with Gasteiger partial charge in [-0.3, -0.25) is 9.59 Å². The number of hydrogen-bond acceptors (Lipinski definition) is 5. The quantitative estimate of drug-likeness (QED) is 0.769. The molecule has 2 fully saturated rings. The van der Waals surface area contributed by atoms with Gasteiger partial charge in [0.2, 0.25) is 11.8 Å². The molecule has 1 aromatic rings. The van der Waals surface area contributed by atoms with E-state index in [9.17, 15) is 31.2 Å². The fourth-order valence-electron chi connectivity index (χ4n) is 3.27. The molecule has 3 rings (SSSR count). The average Bonchev–Trinajstić information content (AvgIpc) is 3.51. The molecule has 7 nitrogen and oxygen atoms in total. The second kappa shape index (κ2) is 7.85. The Morgan fingerprint density at radius 3 is 2.24 bits per heavy atom. The van der Waals surface area contributed by atoms with Gasteiger partial charge in [0.25, 0.3) is 9.84 Å². The van der Waals surface area contributed by atoms with E-state index < -0.39 is 32.1 Å². The maximum Gasteiger partial charge on any atom is 0.501 e. The number of alkyl halides is 3. The minimum atomic E-state index is -5.55. The molecule has 1 aliphatic carbocycles. The fourth-order valence-corrected chi connectivity index (χ4v) is 4.06. The van der Waals surface area contributed by atoms with Crippen molar-refractivity contribution < 1.29 is 35.9 Å². The first kappa shape index (κ1) is 21.4. The number of piperidine rings is 1. The van der Waals surface area contributed by atoms with E-state index in [4.69, 9.17) is 4.74 Å². The van der Waals surface area contributed by atoms with Crippen molar-refractivity contribution >= 4 is 27.3 Å². The van der Waals surface area contributed by atoms with Crippen LogP contribution in [0.1, 0.15) is 25.7 Å². The Morgan fingerprint density at radius 1 is 1.10 bits per heavy atom. The Balaban J connectivity index is 1.71. The molecule has 1 aromatic carbocycles. The van der Waals surface area contributed by atoms with Crippen molar-refractivity contribution in [3.05, 3.63) is 18.2 Å². The topological polar surface area (TPSA) is 92.8 Å². The number of methoxy groups -OCH3 is 1. The largest absolute Gasteiger partial charge is 0.501 e. The number of ether oxygens (including phenoxy) is 1. The van der Waals surface area contributed by atoms with Gasteiger partial charge in [-0.25, -0.2) is 8.42 Å². The van der Waals surface area contributed by atoms with Crippen molar-refractivity contribution in [2.24, 2.45) is 11.8 Å².